The van der Waals surface area contributed by atoms with Crippen LogP contribution in [0.3, 0.4) is 0 Å². The van der Waals surface area contributed by atoms with Crippen molar-refractivity contribution < 1.29 is 13.2 Å². The molecule has 0 aromatic heterocycles. The predicted molar refractivity (Wildman–Crippen MR) is 65.4 cm³/mol. The largest absolute Gasteiger partial charge is 0.418 e. The molecule has 0 saturated carbocycles. The SMILES string of the molecule is FC(F)(F)c1ccccc1NCC1CCSC1. The topological polar surface area (TPSA) is 12.0 Å². The van der Waals surface area contributed by atoms with Crippen molar-refractivity contribution in [2.45, 2.75) is 12.6 Å². The quantitative estimate of drug-likeness (QED) is 0.886. The fraction of sp³-hybridized carbons (Fsp3) is 0.500. The summed E-state index contributed by atoms with van der Waals surface area (Å²) < 4.78 is 38.1. The van der Waals surface area contributed by atoms with Gasteiger partial charge in [0, 0.05) is 12.2 Å². The number of thioether (sulfide) groups is 1. The van der Waals surface area contributed by atoms with Crippen molar-refractivity contribution in [1.29, 1.82) is 0 Å². The normalized spacial score (nSPS) is 20.5. The standard InChI is InChI=1S/C12H14F3NS/c13-12(14,15)10-3-1-2-4-11(10)16-7-9-5-6-17-8-9/h1-4,9,16H,5-8H2. The highest BCUT2D eigenvalue weighted by atomic mass is 32.2. The number of anilines is 1. The molecular weight excluding hydrogens is 247 g/mol. The van der Waals surface area contributed by atoms with Gasteiger partial charge in [0.1, 0.15) is 0 Å². The van der Waals surface area contributed by atoms with Crippen molar-refractivity contribution in [3.05, 3.63) is 29.8 Å². The zero-order valence-corrected chi connectivity index (χ0v) is 10.1. The van der Waals surface area contributed by atoms with Crippen LogP contribution in [-0.4, -0.2) is 18.1 Å². The first-order chi connectivity index (χ1) is 8.07. The molecule has 0 aliphatic carbocycles. The molecule has 1 aromatic carbocycles. The van der Waals surface area contributed by atoms with Gasteiger partial charge in [-0.1, -0.05) is 12.1 Å². The molecule has 0 amide bonds. The molecule has 0 radical (unpaired) electrons. The maximum atomic E-state index is 12.7. The first kappa shape index (κ1) is 12.6. The minimum atomic E-state index is -4.28. The smallest absolute Gasteiger partial charge is 0.384 e. The van der Waals surface area contributed by atoms with E-state index in [9.17, 15) is 13.2 Å². The minimum Gasteiger partial charge on any atom is -0.384 e. The highest BCUT2D eigenvalue weighted by Crippen LogP contribution is 2.35. The number of halogens is 3. The number of hydrogen-bond donors (Lipinski definition) is 1. The monoisotopic (exact) mass is 261 g/mol. The lowest BCUT2D eigenvalue weighted by Gasteiger charge is -2.16. The van der Waals surface area contributed by atoms with E-state index in [0.29, 0.717) is 12.5 Å². The lowest BCUT2D eigenvalue weighted by Crippen LogP contribution is -2.16. The van der Waals surface area contributed by atoms with Crippen LogP contribution < -0.4 is 5.32 Å². The number of nitrogens with one attached hydrogen (secondary N) is 1. The third-order valence-corrected chi connectivity index (χ3v) is 4.07. The second-order valence-electron chi connectivity index (χ2n) is 4.15. The third-order valence-electron chi connectivity index (χ3n) is 2.84. The molecule has 94 valence electrons. The molecule has 1 heterocycles. The molecule has 1 atom stereocenters. The van der Waals surface area contributed by atoms with Crippen LogP contribution >= 0.6 is 11.8 Å². The third kappa shape index (κ3) is 3.31. The second-order valence-corrected chi connectivity index (χ2v) is 5.30. The van der Waals surface area contributed by atoms with Gasteiger partial charge in [-0.25, -0.2) is 0 Å². The summed E-state index contributed by atoms with van der Waals surface area (Å²) in [4.78, 5) is 0. The van der Waals surface area contributed by atoms with Crippen LogP contribution in [-0.2, 0) is 6.18 Å². The van der Waals surface area contributed by atoms with E-state index in [0.717, 1.165) is 24.0 Å². The summed E-state index contributed by atoms with van der Waals surface area (Å²) in [6.07, 6.45) is -3.19. The Kier molecular flexibility index (Phi) is 3.86. The number of hydrogen-bond acceptors (Lipinski definition) is 2. The molecular formula is C12H14F3NS. The maximum Gasteiger partial charge on any atom is 0.418 e. The van der Waals surface area contributed by atoms with Crippen molar-refractivity contribution in [3.63, 3.8) is 0 Å². The Morgan fingerprint density at radius 1 is 1.29 bits per heavy atom. The Hall–Kier alpha value is -0.840. The molecule has 1 aliphatic heterocycles. The van der Waals surface area contributed by atoms with Gasteiger partial charge in [-0.15, -0.1) is 0 Å². The van der Waals surface area contributed by atoms with E-state index in [2.05, 4.69) is 5.32 Å². The maximum absolute atomic E-state index is 12.7. The van der Waals surface area contributed by atoms with Gasteiger partial charge in [-0.05, 0) is 36.0 Å². The van der Waals surface area contributed by atoms with Crippen LogP contribution in [0.1, 0.15) is 12.0 Å². The number of para-hydroxylation sites is 1. The lowest BCUT2D eigenvalue weighted by atomic mass is 10.1. The molecule has 1 aliphatic rings. The second kappa shape index (κ2) is 5.21. The molecule has 1 fully saturated rings. The van der Waals surface area contributed by atoms with Crippen LogP contribution in [0.5, 0.6) is 0 Å². The van der Waals surface area contributed by atoms with Gasteiger partial charge in [0.2, 0.25) is 0 Å². The van der Waals surface area contributed by atoms with Gasteiger partial charge in [-0.2, -0.15) is 24.9 Å². The molecule has 1 saturated heterocycles. The Bertz CT molecular complexity index is 372. The molecule has 0 spiro atoms. The van der Waals surface area contributed by atoms with Crippen LogP contribution in [0.4, 0.5) is 18.9 Å². The van der Waals surface area contributed by atoms with Crippen LogP contribution in [0, 0.1) is 5.92 Å². The zero-order valence-electron chi connectivity index (χ0n) is 9.26. The lowest BCUT2D eigenvalue weighted by molar-refractivity contribution is -0.136. The van der Waals surface area contributed by atoms with E-state index in [1.165, 1.54) is 12.1 Å². The Morgan fingerprint density at radius 3 is 2.71 bits per heavy atom. The van der Waals surface area contributed by atoms with E-state index in [-0.39, 0.29) is 5.69 Å². The summed E-state index contributed by atoms with van der Waals surface area (Å²) in [6, 6.07) is 5.65. The molecule has 1 N–H and O–H groups in total. The summed E-state index contributed by atoms with van der Waals surface area (Å²) in [5.74, 6) is 2.65. The molecule has 0 bridgehead atoms. The fourth-order valence-corrected chi connectivity index (χ4v) is 3.17. The van der Waals surface area contributed by atoms with Gasteiger partial charge in [0.05, 0.1) is 5.56 Å². The van der Waals surface area contributed by atoms with Crippen molar-refractivity contribution in [2.75, 3.05) is 23.4 Å². The summed E-state index contributed by atoms with van der Waals surface area (Å²) in [5.41, 5.74) is -0.387. The molecule has 5 heteroatoms. The van der Waals surface area contributed by atoms with Gasteiger partial charge in [0.15, 0.2) is 0 Å². The molecule has 1 aromatic rings. The van der Waals surface area contributed by atoms with E-state index in [1.807, 2.05) is 11.8 Å². The van der Waals surface area contributed by atoms with Crippen molar-refractivity contribution in [1.82, 2.24) is 0 Å². The van der Waals surface area contributed by atoms with Crippen molar-refractivity contribution in [2.24, 2.45) is 5.92 Å². The van der Waals surface area contributed by atoms with E-state index in [1.54, 1.807) is 6.07 Å². The van der Waals surface area contributed by atoms with Crippen LogP contribution in [0.25, 0.3) is 0 Å². The zero-order chi connectivity index (χ0) is 12.3. The average Bonchev–Trinajstić information content (AvgIpc) is 2.78. The average molecular weight is 261 g/mol. The first-order valence-corrected chi connectivity index (χ1v) is 6.70. The minimum absolute atomic E-state index is 0.192. The number of rotatable bonds is 3. The van der Waals surface area contributed by atoms with Gasteiger partial charge in [-0.3, -0.25) is 0 Å². The van der Waals surface area contributed by atoms with Gasteiger partial charge in [0.25, 0.3) is 0 Å². The number of benzene rings is 1. The summed E-state index contributed by atoms with van der Waals surface area (Å²) >= 11 is 1.86. The Labute approximate surface area is 103 Å². The van der Waals surface area contributed by atoms with Crippen molar-refractivity contribution in [3.8, 4) is 0 Å². The fourth-order valence-electron chi connectivity index (χ4n) is 1.88. The summed E-state index contributed by atoms with van der Waals surface area (Å²) in [6.45, 7) is 0.625. The highest BCUT2D eigenvalue weighted by Gasteiger charge is 2.33. The number of alkyl halides is 3. The van der Waals surface area contributed by atoms with Crippen molar-refractivity contribution >= 4 is 17.4 Å². The Balaban J connectivity index is 2.04. The molecule has 1 unspecified atom stereocenters. The van der Waals surface area contributed by atoms with E-state index >= 15 is 0 Å². The van der Waals surface area contributed by atoms with Gasteiger partial charge >= 0.3 is 6.18 Å². The molecule has 2 rings (SSSR count). The van der Waals surface area contributed by atoms with Gasteiger partial charge < -0.3 is 5.32 Å². The predicted octanol–water partition coefficient (Wildman–Crippen LogP) is 3.87. The highest BCUT2D eigenvalue weighted by molar-refractivity contribution is 7.99. The van der Waals surface area contributed by atoms with E-state index in [4.69, 9.17) is 0 Å². The summed E-state index contributed by atoms with van der Waals surface area (Å²) in [7, 11) is 0. The first-order valence-electron chi connectivity index (χ1n) is 5.55. The van der Waals surface area contributed by atoms with Crippen LogP contribution in [0.15, 0.2) is 24.3 Å². The molecule has 17 heavy (non-hydrogen) atoms. The molecule has 1 nitrogen and oxygen atoms in total. The summed E-state index contributed by atoms with van der Waals surface area (Å²) in [5, 5.41) is 2.93. The van der Waals surface area contributed by atoms with Crippen LogP contribution in [0.2, 0.25) is 0 Å². The Morgan fingerprint density at radius 2 is 2.06 bits per heavy atom. The van der Waals surface area contributed by atoms with E-state index < -0.39 is 11.7 Å².